The lowest BCUT2D eigenvalue weighted by Gasteiger charge is -2.15. The van der Waals surface area contributed by atoms with Gasteiger partial charge in [-0.25, -0.2) is 0 Å². The third kappa shape index (κ3) is 3.58. The van der Waals surface area contributed by atoms with Crippen LogP contribution in [-0.2, 0) is 18.3 Å². The summed E-state index contributed by atoms with van der Waals surface area (Å²) in [6, 6.07) is 24.5. The van der Waals surface area contributed by atoms with Crippen LogP contribution in [0.15, 0.2) is 72.8 Å². The highest BCUT2D eigenvalue weighted by Gasteiger charge is 2.15. The molecule has 3 aromatic carbocycles. The van der Waals surface area contributed by atoms with Crippen LogP contribution in [-0.4, -0.2) is 23.1 Å². The molecule has 0 radical (unpaired) electrons. The van der Waals surface area contributed by atoms with Crippen molar-refractivity contribution in [2.45, 2.75) is 19.4 Å². The molecule has 4 aromatic rings. The predicted molar refractivity (Wildman–Crippen MR) is 114 cm³/mol. The molecule has 4 rings (SSSR count). The topological polar surface area (TPSA) is 43.3 Å². The van der Waals surface area contributed by atoms with Gasteiger partial charge in [-0.1, -0.05) is 48.5 Å². The van der Waals surface area contributed by atoms with Crippen LogP contribution in [0.1, 0.15) is 12.5 Å². The second kappa shape index (κ2) is 7.77. The molecular weight excluding hydrogens is 348 g/mol. The largest absolute Gasteiger partial charge is 0.481 e. The summed E-state index contributed by atoms with van der Waals surface area (Å²) in [5.41, 5.74) is 3.48. The molecule has 0 bridgehead atoms. The summed E-state index contributed by atoms with van der Waals surface area (Å²) in [6.07, 6.45) is 0.254. The number of hydrogen-bond donors (Lipinski definition) is 1. The minimum absolute atomic E-state index is 0.104. The number of hydrogen-bond acceptors (Lipinski definition) is 2. The van der Waals surface area contributed by atoms with Gasteiger partial charge in [-0.3, -0.25) is 4.79 Å². The number of nitrogens with zero attached hydrogens (tertiary/aromatic N) is 1. The van der Waals surface area contributed by atoms with Crippen molar-refractivity contribution in [3.63, 3.8) is 0 Å². The number of aromatic nitrogens is 1. The molecule has 1 N–H and O–H groups in total. The first-order valence-corrected chi connectivity index (χ1v) is 9.59. The Bertz CT molecular complexity index is 1120. The van der Waals surface area contributed by atoms with Gasteiger partial charge in [0.05, 0.1) is 5.52 Å². The molecule has 0 aliphatic carbocycles. The maximum absolute atomic E-state index is 12.4. The van der Waals surface area contributed by atoms with Gasteiger partial charge < -0.3 is 14.6 Å². The zero-order valence-electron chi connectivity index (χ0n) is 16.2. The van der Waals surface area contributed by atoms with E-state index in [9.17, 15) is 4.79 Å². The fourth-order valence-electron chi connectivity index (χ4n) is 3.59. The van der Waals surface area contributed by atoms with Crippen molar-refractivity contribution in [2.24, 2.45) is 7.05 Å². The Morgan fingerprint density at radius 2 is 1.68 bits per heavy atom. The molecule has 0 saturated heterocycles. The van der Waals surface area contributed by atoms with E-state index in [2.05, 4.69) is 40.2 Å². The molecule has 0 saturated carbocycles. The van der Waals surface area contributed by atoms with E-state index in [-0.39, 0.29) is 5.91 Å². The molecule has 0 fully saturated rings. The van der Waals surface area contributed by atoms with Gasteiger partial charge >= 0.3 is 0 Å². The fraction of sp³-hybridized carbons (Fsp3) is 0.208. The number of nitrogens with one attached hydrogen (secondary N) is 1. The van der Waals surface area contributed by atoms with Gasteiger partial charge in [0, 0.05) is 35.9 Å². The summed E-state index contributed by atoms with van der Waals surface area (Å²) >= 11 is 0. The normalized spacial score (nSPS) is 12.2. The summed E-state index contributed by atoms with van der Waals surface area (Å²) in [7, 11) is 2.05. The minimum atomic E-state index is -0.553. The molecule has 4 heteroatoms. The van der Waals surface area contributed by atoms with E-state index in [1.54, 1.807) is 6.92 Å². The van der Waals surface area contributed by atoms with Crippen LogP contribution < -0.4 is 10.1 Å². The van der Waals surface area contributed by atoms with Crippen LogP contribution in [0, 0.1) is 0 Å². The van der Waals surface area contributed by atoms with Gasteiger partial charge in [0.25, 0.3) is 5.91 Å². The maximum atomic E-state index is 12.4. The highest BCUT2D eigenvalue weighted by Crippen LogP contribution is 2.30. The Kier molecular flexibility index (Phi) is 5.02. The van der Waals surface area contributed by atoms with Crippen LogP contribution in [0.4, 0.5) is 0 Å². The standard InChI is InChI=1S/C24H24N2O2/c1-17(24(27)25-15-14-18-8-4-3-5-9-18)28-19-12-13-21-20-10-6-7-11-22(20)26(2)23(21)16-19/h3-13,16-17H,14-15H2,1-2H3,(H,25,27). The number of aryl methyl sites for hydroxylation is 1. The first kappa shape index (κ1) is 18.1. The number of amides is 1. The quantitative estimate of drug-likeness (QED) is 0.543. The molecule has 0 spiro atoms. The molecule has 0 aliphatic heterocycles. The zero-order chi connectivity index (χ0) is 19.5. The number of benzene rings is 3. The van der Waals surface area contributed by atoms with E-state index >= 15 is 0 Å². The van der Waals surface area contributed by atoms with Crippen molar-refractivity contribution in [1.82, 2.24) is 9.88 Å². The summed E-state index contributed by atoms with van der Waals surface area (Å²) in [6.45, 7) is 2.38. The fourth-order valence-corrected chi connectivity index (χ4v) is 3.59. The van der Waals surface area contributed by atoms with E-state index in [1.807, 2.05) is 49.5 Å². The van der Waals surface area contributed by atoms with Crippen molar-refractivity contribution in [1.29, 1.82) is 0 Å². The highest BCUT2D eigenvalue weighted by molar-refractivity contribution is 6.08. The van der Waals surface area contributed by atoms with E-state index in [1.165, 1.54) is 21.9 Å². The Morgan fingerprint density at radius 1 is 0.964 bits per heavy atom. The van der Waals surface area contributed by atoms with Crippen LogP contribution in [0.2, 0.25) is 0 Å². The summed E-state index contributed by atoms with van der Waals surface area (Å²) < 4.78 is 8.07. The average molecular weight is 372 g/mol. The first-order chi connectivity index (χ1) is 13.6. The molecule has 1 amide bonds. The van der Waals surface area contributed by atoms with Crippen LogP contribution in [0.5, 0.6) is 5.75 Å². The SMILES string of the molecule is CC(Oc1ccc2c3ccccc3n(C)c2c1)C(=O)NCCc1ccccc1. The smallest absolute Gasteiger partial charge is 0.260 e. The Balaban J connectivity index is 1.43. The number of para-hydroxylation sites is 1. The molecule has 1 heterocycles. The molecule has 1 aromatic heterocycles. The molecule has 142 valence electrons. The number of rotatable bonds is 6. The molecule has 1 unspecified atom stereocenters. The number of ether oxygens (including phenoxy) is 1. The number of fused-ring (bicyclic) bond motifs is 3. The van der Waals surface area contributed by atoms with Crippen molar-refractivity contribution in [3.8, 4) is 5.75 Å². The van der Waals surface area contributed by atoms with Gasteiger partial charge in [-0.15, -0.1) is 0 Å². The number of carbonyl (C=O) groups is 1. The third-order valence-electron chi connectivity index (χ3n) is 5.12. The Hall–Kier alpha value is -3.27. The molecule has 1 atom stereocenters. The Labute approximate surface area is 164 Å². The second-order valence-electron chi connectivity index (χ2n) is 7.04. The van der Waals surface area contributed by atoms with Crippen LogP contribution >= 0.6 is 0 Å². The monoisotopic (exact) mass is 372 g/mol. The molecule has 4 nitrogen and oxygen atoms in total. The van der Waals surface area contributed by atoms with Gasteiger partial charge in [0.2, 0.25) is 0 Å². The Morgan fingerprint density at radius 3 is 2.50 bits per heavy atom. The van der Waals surface area contributed by atoms with Gasteiger partial charge in [-0.05, 0) is 37.1 Å². The molecular formula is C24H24N2O2. The van der Waals surface area contributed by atoms with Crippen molar-refractivity contribution < 1.29 is 9.53 Å². The maximum Gasteiger partial charge on any atom is 0.260 e. The minimum Gasteiger partial charge on any atom is -0.481 e. The van der Waals surface area contributed by atoms with Crippen molar-refractivity contribution >= 4 is 27.7 Å². The van der Waals surface area contributed by atoms with Gasteiger partial charge in [0.15, 0.2) is 6.10 Å². The number of carbonyl (C=O) groups excluding carboxylic acids is 1. The third-order valence-corrected chi connectivity index (χ3v) is 5.12. The predicted octanol–water partition coefficient (Wildman–Crippen LogP) is 4.46. The zero-order valence-corrected chi connectivity index (χ0v) is 16.2. The van der Waals surface area contributed by atoms with E-state index in [4.69, 9.17) is 4.74 Å². The summed E-state index contributed by atoms with van der Waals surface area (Å²) in [5, 5.41) is 5.36. The van der Waals surface area contributed by atoms with Gasteiger partial charge in [0.1, 0.15) is 5.75 Å². The molecule has 28 heavy (non-hydrogen) atoms. The average Bonchev–Trinajstić information content (AvgIpc) is 3.01. The van der Waals surface area contributed by atoms with E-state index in [0.29, 0.717) is 12.3 Å². The lowest BCUT2D eigenvalue weighted by molar-refractivity contribution is -0.127. The lowest BCUT2D eigenvalue weighted by Crippen LogP contribution is -2.37. The summed E-state index contributed by atoms with van der Waals surface area (Å²) in [4.78, 5) is 12.4. The van der Waals surface area contributed by atoms with Crippen molar-refractivity contribution in [3.05, 3.63) is 78.4 Å². The lowest BCUT2D eigenvalue weighted by atomic mass is 10.1. The van der Waals surface area contributed by atoms with Crippen LogP contribution in [0.3, 0.4) is 0 Å². The van der Waals surface area contributed by atoms with Gasteiger partial charge in [-0.2, -0.15) is 0 Å². The first-order valence-electron chi connectivity index (χ1n) is 9.59. The summed E-state index contributed by atoms with van der Waals surface area (Å²) in [5.74, 6) is 0.595. The molecule has 0 aliphatic rings. The second-order valence-corrected chi connectivity index (χ2v) is 7.04. The highest BCUT2D eigenvalue weighted by atomic mass is 16.5. The van der Waals surface area contributed by atoms with E-state index in [0.717, 1.165) is 11.9 Å². The van der Waals surface area contributed by atoms with E-state index < -0.39 is 6.10 Å². The van der Waals surface area contributed by atoms with Crippen molar-refractivity contribution in [2.75, 3.05) is 6.54 Å². The van der Waals surface area contributed by atoms with Crippen LogP contribution in [0.25, 0.3) is 21.8 Å².